The smallest absolute Gasteiger partial charge is 0.290 e. The molecule has 9 nitrogen and oxygen atoms in total. The first-order chi connectivity index (χ1) is 14.4. The number of amides is 3. The van der Waals surface area contributed by atoms with Crippen LogP contribution >= 0.6 is 11.6 Å². The molecule has 2 fully saturated rings. The molecule has 3 aliphatic heterocycles. The van der Waals surface area contributed by atoms with Gasteiger partial charge in [-0.1, -0.05) is 23.7 Å². The number of aliphatic hydroxyl groups is 1. The van der Waals surface area contributed by atoms with Gasteiger partial charge >= 0.3 is 0 Å². The van der Waals surface area contributed by atoms with Crippen molar-refractivity contribution >= 4 is 29.3 Å². The Hall–Kier alpha value is -2.94. The van der Waals surface area contributed by atoms with Crippen LogP contribution in [0.5, 0.6) is 5.75 Å². The van der Waals surface area contributed by atoms with Gasteiger partial charge in [-0.2, -0.15) is 0 Å². The summed E-state index contributed by atoms with van der Waals surface area (Å²) in [7, 11) is 1.62. The molecule has 1 aromatic rings. The van der Waals surface area contributed by atoms with Crippen LogP contribution in [0.2, 0.25) is 5.02 Å². The second-order valence-corrected chi connectivity index (χ2v) is 7.96. The van der Waals surface area contributed by atoms with E-state index >= 15 is 0 Å². The van der Waals surface area contributed by atoms with Gasteiger partial charge in [0.2, 0.25) is 5.76 Å². The van der Waals surface area contributed by atoms with E-state index in [2.05, 4.69) is 5.32 Å². The van der Waals surface area contributed by atoms with Crippen LogP contribution in [-0.2, 0) is 14.4 Å². The molecule has 2 saturated heterocycles. The highest BCUT2D eigenvalue weighted by Crippen LogP contribution is 2.30. The van der Waals surface area contributed by atoms with Gasteiger partial charge in [0.25, 0.3) is 17.7 Å². The molecule has 2 N–H and O–H groups in total. The Morgan fingerprint density at radius 3 is 2.80 bits per heavy atom. The summed E-state index contributed by atoms with van der Waals surface area (Å²) in [6.45, 7) is 1.24. The van der Waals surface area contributed by atoms with Crippen LogP contribution in [-0.4, -0.2) is 83.0 Å². The van der Waals surface area contributed by atoms with E-state index in [1.807, 2.05) is 0 Å². The highest BCUT2D eigenvalue weighted by Gasteiger charge is 2.46. The molecule has 30 heavy (non-hydrogen) atoms. The topological polar surface area (TPSA) is 102 Å². The number of ether oxygens (including phenoxy) is 1. The maximum absolute atomic E-state index is 12.9. The summed E-state index contributed by atoms with van der Waals surface area (Å²) >= 11 is 6.08. The van der Waals surface area contributed by atoms with Gasteiger partial charge in [-0.15, -0.1) is 0 Å². The minimum atomic E-state index is -0.707. The maximum atomic E-state index is 12.9. The standard InChI is InChI=1S/C20H23ClN4O5/c1-23-9-10-25-16(20(23)29)17(27)19(28)22-18(25)13-6-4-8-24(13)15(26)11-30-14-7-3-2-5-12(14)21/h2-3,5,7,13,18,27H,4,6,8-11H2,1H3,(H,22,28)/t13-,18?/m0/s1. The molecule has 160 valence electrons. The third-order valence-corrected chi connectivity index (χ3v) is 6.05. The lowest BCUT2D eigenvalue weighted by Crippen LogP contribution is -2.66. The Labute approximate surface area is 178 Å². The molecule has 0 radical (unpaired) electrons. The third-order valence-electron chi connectivity index (χ3n) is 5.74. The zero-order valence-corrected chi connectivity index (χ0v) is 17.3. The molecular weight excluding hydrogens is 412 g/mol. The van der Waals surface area contributed by atoms with Crippen LogP contribution in [0, 0.1) is 0 Å². The lowest BCUT2D eigenvalue weighted by Gasteiger charge is -2.46. The van der Waals surface area contributed by atoms with E-state index < -0.39 is 23.7 Å². The van der Waals surface area contributed by atoms with Crippen molar-refractivity contribution in [3.05, 3.63) is 40.7 Å². The summed E-state index contributed by atoms with van der Waals surface area (Å²) < 4.78 is 5.59. The number of carbonyl (C=O) groups is 3. The van der Waals surface area contributed by atoms with E-state index in [1.165, 1.54) is 4.90 Å². The molecule has 2 atom stereocenters. The minimum absolute atomic E-state index is 0.0101. The lowest BCUT2D eigenvalue weighted by atomic mass is 10.0. The number of nitrogens with one attached hydrogen (secondary N) is 1. The Morgan fingerprint density at radius 2 is 2.03 bits per heavy atom. The number of hydrogen-bond donors (Lipinski definition) is 2. The summed E-state index contributed by atoms with van der Waals surface area (Å²) in [5, 5.41) is 13.4. The summed E-state index contributed by atoms with van der Waals surface area (Å²) in [4.78, 5) is 42.6. The van der Waals surface area contributed by atoms with Crippen molar-refractivity contribution in [2.75, 3.05) is 33.3 Å². The summed E-state index contributed by atoms with van der Waals surface area (Å²) in [6.07, 6.45) is 0.840. The van der Waals surface area contributed by atoms with Crippen LogP contribution < -0.4 is 10.1 Å². The molecule has 3 amide bonds. The zero-order valence-electron chi connectivity index (χ0n) is 16.5. The highest BCUT2D eigenvalue weighted by atomic mass is 35.5. The van der Waals surface area contributed by atoms with E-state index in [0.717, 1.165) is 6.42 Å². The van der Waals surface area contributed by atoms with E-state index in [4.69, 9.17) is 16.3 Å². The maximum Gasteiger partial charge on any atom is 0.290 e. The van der Waals surface area contributed by atoms with E-state index in [9.17, 15) is 19.5 Å². The molecule has 0 spiro atoms. The second-order valence-electron chi connectivity index (χ2n) is 7.55. The highest BCUT2D eigenvalue weighted by molar-refractivity contribution is 6.32. The number of hydrogen-bond acceptors (Lipinski definition) is 6. The number of halogens is 1. The minimum Gasteiger partial charge on any atom is -0.501 e. The predicted octanol–water partition coefficient (Wildman–Crippen LogP) is 0.709. The molecular formula is C20H23ClN4O5. The number of para-hydroxylation sites is 1. The fourth-order valence-corrected chi connectivity index (χ4v) is 4.39. The number of nitrogens with zero attached hydrogens (tertiary/aromatic N) is 3. The monoisotopic (exact) mass is 434 g/mol. The van der Waals surface area contributed by atoms with Gasteiger partial charge in [0, 0.05) is 26.7 Å². The van der Waals surface area contributed by atoms with E-state index in [1.54, 1.807) is 41.1 Å². The normalized spacial score (nSPS) is 24.1. The lowest BCUT2D eigenvalue weighted by molar-refractivity contribution is -0.140. The van der Waals surface area contributed by atoms with Crippen molar-refractivity contribution in [1.82, 2.24) is 20.0 Å². The summed E-state index contributed by atoms with van der Waals surface area (Å²) in [5.41, 5.74) is -0.0101. The number of aliphatic hydroxyl groups excluding tert-OH is 1. The van der Waals surface area contributed by atoms with Gasteiger partial charge in [-0.25, -0.2) is 0 Å². The van der Waals surface area contributed by atoms with Crippen molar-refractivity contribution in [3.63, 3.8) is 0 Å². The molecule has 3 heterocycles. The van der Waals surface area contributed by atoms with Gasteiger partial charge in [0.05, 0.1) is 11.1 Å². The molecule has 4 rings (SSSR count). The number of likely N-dealkylation sites (tertiary alicyclic amines) is 1. The number of piperazine rings is 1. The van der Waals surface area contributed by atoms with Crippen molar-refractivity contribution in [3.8, 4) is 5.75 Å². The number of benzene rings is 1. The molecule has 0 aromatic heterocycles. The largest absolute Gasteiger partial charge is 0.501 e. The van der Waals surface area contributed by atoms with Crippen molar-refractivity contribution < 1.29 is 24.2 Å². The van der Waals surface area contributed by atoms with Crippen LogP contribution in [0.3, 0.4) is 0 Å². The number of likely N-dealkylation sites (N-methyl/N-ethyl adjacent to an activating group) is 1. The molecule has 0 aliphatic carbocycles. The van der Waals surface area contributed by atoms with Crippen LogP contribution in [0.25, 0.3) is 0 Å². The molecule has 0 saturated carbocycles. The van der Waals surface area contributed by atoms with Gasteiger partial charge in [0.1, 0.15) is 11.9 Å². The van der Waals surface area contributed by atoms with Crippen LogP contribution in [0.1, 0.15) is 12.8 Å². The Morgan fingerprint density at radius 1 is 1.27 bits per heavy atom. The number of carbonyl (C=O) groups excluding carboxylic acids is 3. The van der Waals surface area contributed by atoms with E-state index in [0.29, 0.717) is 36.8 Å². The van der Waals surface area contributed by atoms with Crippen molar-refractivity contribution in [1.29, 1.82) is 0 Å². The SMILES string of the molecule is CN1CCN2C(=C(O)C(=O)NC2[C@@H]2CCCN2C(=O)COc2ccccc2Cl)C1=O. The Bertz CT molecular complexity index is 920. The first-order valence-corrected chi connectivity index (χ1v) is 10.2. The number of rotatable bonds is 4. The quantitative estimate of drug-likeness (QED) is 0.723. The van der Waals surface area contributed by atoms with Gasteiger partial charge < -0.3 is 29.9 Å². The molecule has 0 bridgehead atoms. The van der Waals surface area contributed by atoms with E-state index in [-0.39, 0.29) is 24.3 Å². The molecule has 3 aliphatic rings. The first-order valence-electron chi connectivity index (χ1n) is 9.81. The second kappa shape index (κ2) is 8.06. The average Bonchev–Trinajstić information content (AvgIpc) is 3.22. The van der Waals surface area contributed by atoms with Crippen molar-refractivity contribution in [2.24, 2.45) is 0 Å². The Kier molecular flexibility index (Phi) is 5.46. The van der Waals surface area contributed by atoms with Crippen LogP contribution in [0.15, 0.2) is 35.7 Å². The molecule has 1 unspecified atom stereocenters. The fraction of sp³-hybridized carbons (Fsp3) is 0.450. The zero-order chi connectivity index (χ0) is 21.4. The third kappa shape index (κ3) is 3.54. The summed E-state index contributed by atoms with van der Waals surface area (Å²) in [6, 6.07) is 6.58. The average molecular weight is 435 g/mol. The molecule has 10 heteroatoms. The first kappa shape index (κ1) is 20.3. The predicted molar refractivity (Wildman–Crippen MR) is 108 cm³/mol. The van der Waals surface area contributed by atoms with Gasteiger partial charge in [-0.3, -0.25) is 14.4 Å². The summed E-state index contributed by atoms with van der Waals surface area (Å²) in [5.74, 6) is -1.50. The Balaban J connectivity index is 1.52. The van der Waals surface area contributed by atoms with Gasteiger partial charge in [0.15, 0.2) is 12.3 Å². The molecule has 1 aromatic carbocycles. The fourth-order valence-electron chi connectivity index (χ4n) is 4.20. The number of fused-ring (bicyclic) bond motifs is 1. The van der Waals surface area contributed by atoms with Crippen LogP contribution in [0.4, 0.5) is 0 Å². The van der Waals surface area contributed by atoms with Gasteiger partial charge in [-0.05, 0) is 25.0 Å². The van der Waals surface area contributed by atoms with Crippen molar-refractivity contribution in [2.45, 2.75) is 25.0 Å².